The number of fused-ring (bicyclic) bond motifs is 1. The van der Waals surface area contributed by atoms with E-state index >= 15 is 0 Å². The van der Waals surface area contributed by atoms with Gasteiger partial charge in [-0.15, -0.1) is 4.40 Å². The molecule has 0 fully saturated rings. The molecule has 344 valence electrons. The summed E-state index contributed by atoms with van der Waals surface area (Å²) in [6.07, 6.45) is -0.602. The van der Waals surface area contributed by atoms with E-state index in [1.54, 1.807) is 48.5 Å². The second-order valence-corrected chi connectivity index (χ2v) is 19.8. The first kappa shape index (κ1) is 51.0. The van der Waals surface area contributed by atoms with Gasteiger partial charge in [0.1, 0.15) is 29.0 Å². The first-order valence-electron chi connectivity index (χ1n) is 19.7. The second kappa shape index (κ2) is 20.7. The zero-order valence-electron chi connectivity index (χ0n) is 36.7. The Kier molecular flexibility index (Phi) is 17.0. The fourth-order valence-electron chi connectivity index (χ4n) is 6.55. The maximum Gasteiger partial charge on any atom is 0.408 e. The monoisotopic (exact) mass is 910 g/mol. The van der Waals surface area contributed by atoms with Crippen molar-refractivity contribution in [1.29, 1.82) is 0 Å². The molecule has 23 heteroatoms. The highest BCUT2D eigenvalue weighted by Gasteiger charge is 2.37. The third kappa shape index (κ3) is 13.6. The predicted octanol–water partition coefficient (Wildman–Crippen LogP) is 2.03. The maximum absolute atomic E-state index is 13.9. The number of hydrogen-bond acceptors (Lipinski definition) is 14. The van der Waals surface area contributed by atoms with Crippen LogP contribution in [-0.4, -0.2) is 119 Å². The molecule has 0 spiro atoms. The number of nitro groups is 1. The number of hydrogen-bond donors (Lipinski definition) is 5. The van der Waals surface area contributed by atoms with Crippen molar-refractivity contribution in [2.75, 3.05) is 39.8 Å². The van der Waals surface area contributed by atoms with Crippen LogP contribution in [0.1, 0.15) is 76.6 Å². The highest BCUT2D eigenvalue weighted by molar-refractivity contribution is 7.90. The van der Waals surface area contributed by atoms with Crippen molar-refractivity contribution in [3.63, 3.8) is 0 Å². The van der Waals surface area contributed by atoms with Crippen molar-refractivity contribution in [1.82, 2.24) is 25.6 Å². The number of carbonyl (C=O) groups is 4. The number of nitrogens with one attached hydrogen (secondary N) is 4. The van der Waals surface area contributed by atoms with Crippen LogP contribution in [0.3, 0.4) is 0 Å². The van der Waals surface area contributed by atoms with Crippen LogP contribution >= 0.6 is 0 Å². The topological polar surface area (TPSA) is 297 Å². The largest absolute Gasteiger partial charge is 0.487 e. The number of nitrogens with two attached hydrogens (primary N) is 1. The second-order valence-electron chi connectivity index (χ2n) is 16.2. The van der Waals surface area contributed by atoms with Gasteiger partial charge in [0.15, 0.2) is 10.7 Å². The molecule has 0 unspecified atom stereocenters. The van der Waals surface area contributed by atoms with Gasteiger partial charge in [0.2, 0.25) is 21.9 Å². The zero-order chi connectivity index (χ0) is 47.0. The minimum atomic E-state index is -4.63. The maximum atomic E-state index is 13.9. The third-order valence-electron chi connectivity index (χ3n) is 9.52. The number of guanidine groups is 1. The number of Topliss-reactive ketones (excluding diaryl/α,β-unsaturated/α-hetero) is 1. The number of ketones is 1. The number of amides is 2. The summed E-state index contributed by atoms with van der Waals surface area (Å²) in [6.45, 7) is 13.7. The van der Waals surface area contributed by atoms with Crippen LogP contribution in [0.5, 0.6) is 5.75 Å². The molecule has 2 aromatic carbocycles. The number of para-hydroxylation sites is 1. The van der Waals surface area contributed by atoms with E-state index in [4.69, 9.17) is 19.9 Å². The molecule has 6 N–H and O–H groups in total. The molecule has 2 atom stereocenters. The van der Waals surface area contributed by atoms with Gasteiger partial charge >= 0.3 is 12.1 Å². The summed E-state index contributed by atoms with van der Waals surface area (Å²) >= 11 is 0. The number of esters is 1. The van der Waals surface area contributed by atoms with Gasteiger partial charge < -0.3 is 35.9 Å². The molecule has 21 nitrogen and oxygen atoms in total. The molecule has 0 aliphatic carbocycles. The first-order valence-corrected chi connectivity index (χ1v) is 22.5. The Labute approximate surface area is 362 Å². The molecule has 0 aromatic heterocycles. The summed E-state index contributed by atoms with van der Waals surface area (Å²) in [5.41, 5.74) is 6.23. The molecular formula is C39H58N8O13S2. The van der Waals surface area contributed by atoms with Gasteiger partial charge in [0, 0.05) is 38.2 Å². The van der Waals surface area contributed by atoms with Crippen LogP contribution in [0.4, 0.5) is 10.5 Å². The lowest BCUT2D eigenvalue weighted by molar-refractivity contribution is -0.387. The Balaban J connectivity index is 1.85. The van der Waals surface area contributed by atoms with E-state index in [9.17, 15) is 46.1 Å². The van der Waals surface area contributed by atoms with Crippen LogP contribution in [0.15, 0.2) is 38.5 Å². The smallest absolute Gasteiger partial charge is 0.408 e. The van der Waals surface area contributed by atoms with Crippen LogP contribution in [0.25, 0.3) is 0 Å². The van der Waals surface area contributed by atoms with Crippen molar-refractivity contribution in [2.24, 2.45) is 10.1 Å². The summed E-state index contributed by atoms with van der Waals surface area (Å²) in [4.78, 5) is 62.4. The molecule has 0 saturated heterocycles. The van der Waals surface area contributed by atoms with Crippen LogP contribution in [0, 0.1) is 30.9 Å². The number of likely N-dealkylation sites (N-methyl/N-ethyl adjacent to an activating group) is 1. The summed E-state index contributed by atoms with van der Waals surface area (Å²) in [6, 6.07) is 1.54. The van der Waals surface area contributed by atoms with E-state index in [2.05, 4.69) is 25.7 Å². The molecule has 0 radical (unpaired) electrons. The van der Waals surface area contributed by atoms with Crippen molar-refractivity contribution in [2.45, 2.75) is 115 Å². The van der Waals surface area contributed by atoms with Crippen molar-refractivity contribution in [3.8, 4) is 5.75 Å². The van der Waals surface area contributed by atoms with Gasteiger partial charge in [-0.1, -0.05) is 12.1 Å². The molecule has 1 aliphatic heterocycles. The van der Waals surface area contributed by atoms with Crippen LogP contribution in [0.2, 0.25) is 0 Å². The normalized spacial score (nSPS) is 14.9. The quantitative estimate of drug-likeness (QED) is 0.0317. The molecule has 1 heterocycles. The number of nitro benzene ring substituents is 1. The Hall–Kier alpha value is -5.39. The molecule has 2 amide bonds. The van der Waals surface area contributed by atoms with E-state index in [1.807, 2.05) is 13.8 Å². The minimum absolute atomic E-state index is 0.0127. The van der Waals surface area contributed by atoms with Gasteiger partial charge in [-0.2, -0.15) is 12.7 Å². The third-order valence-corrected chi connectivity index (χ3v) is 13.0. The standard InChI is InChI=1S/C39H58N8O13S2/c1-11-58-32(49)21-41-20-30(48)28(22-46(10)62(56,57)31-17-13-12-16-29(31)47(52)53)43-35(50)27(44-37(51)60-38(5,6)7)15-14-18-42-36(40)45-61(54,55)34-24(3)23(2)33-26(25(34)4)19-39(8,9)59-33/h12-13,16-17,27-28,41H,11,14-15,18-22H2,1-10H3,(H,43,50)(H,44,51)(H3,40,42,45)/t27-,28-/m0/s1. The average Bonchev–Trinajstić information content (AvgIpc) is 3.49. The van der Waals surface area contributed by atoms with E-state index in [0.29, 0.717) is 33.2 Å². The first-order chi connectivity index (χ1) is 28.6. The number of alkyl carbamates (subject to hydrolysis) is 1. The van der Waals surface area contributed by atoms with Gasteiger partial charge in [-0.3, -0.25) is 29.8 Å². The number of benzene rings is 2. The lowest BCUT2D eigenvalue weighted by atomic mass is 9.94. The van der Waals surface area contributed by atoms with Gasteiger partial charge in [-0.25, -0.2) is 13.2 Å². The predicted molar refractivity (Wildman–Crippen MR) is 228 cm³/mol. The van der Waals surface area contributed by atoms with Crippen molar-refractivity contribution < 1.29 is 55.1 Å². The summed E-state index contributed by atoms with van der Waals surface area (Å²) < 4.78 is 75.2. The fourth-order valence-corrected chi connectivity index (χ4v) is 9.36. The Morgan fingerprint density at radius 3 is 2.27 bits per heavy atom. The molecule has 1 aliphatic rings. The molecule has 0 saturated carbocycles. The highest BCUT2D eigenvalue weighted by Crippen LogP contribution is 2.44. The highest BCUT2D eigenvalue weighted by atomic mass is 32.2. The van der Waals surface area contributed by atoms with Gasteiger partial charge in [0.25, 0.3) is 15.7 Å². The van der Waals surface area contributed by atoms with E-state index in [-0.39, 0.29) is 30.9 Å². The minimum Gasteiger partial charge on any atom is -0.487 e. The zero-order valence-corrected chi connectivity index (χ0v) is 38.3. The Morgan fingerprint density at radius 1 is 1.02 bits per heavy atom. The molecular weight excluding hydrogens is 853 g/mol. The number of rotatable bonds is 20. The molecule has 62 heavy (non-hydrogen) atoms. The van der Waals surface area contributed by atoms with Crippen LogP contribution < -0.4 is 31.7 Å². The van der Waals surface area contributed by atoms with Gasteiger partial charge in [-0.05, 0) is 97.9 Å². The van der Waals surface area contributed by atoms with Crippen molar-refractivity contribution >= 4 is 55.4 Å². The number of carbonyl (C=O) groups excluding carboxylic acids is 4. The lowest BCUT2D eigenvalue weighted by Gasteiger charge is -2.27. The average molecular weight is 911 g/mol. The summed E-state index contributed by atoms with van der Waals surface area (Å²) in [5, 5.41) is 21.9. The van der Waals surface area contributed by atoms with Gasteiger partial charge in [0.05, 0.1) is 29.5 Å². The summed E-state index contributed by atoms with van der Waals surface area (Å²) in [5.74, 6) is -2.22. The Bertz CT molecular complexity index is 2290. The van der Waals surface area contributed by atoms with E-state index < -0.39 is 108 Å². The lowest BCUT2D eigenvalue weighted by Crippen LogP contribution is -2.56. The van der Waals surface area contributed by atoms with E-state index in [0.717, 1.165) is 24.7 Å². The molecule has 3 rings (SSSR count). The number of ether oxygens (including phenoxy) is 3. The SMILES string of the molecule is CCOC(=O)CNCC(=O)[C@H](CN(C)S(=O)(=O)c1ccccc1[N+](=O)[O-])NC(=O)[C@H](CCCN/C(N)=N\S(=O)(=O)c1c(C)c(C)c2c(c1C)CC(C)(C)O2)NC(=O)OC(C)(C)C. The molecule has 2 aromatic rings. The number of sulfonamides is 2. The number of nitrogens with zero attached hydrogens (tertiary/aromatic N) is 3. The van der Waals surface area contributed by atoms with Crippen molar-refractivity contribution in [3.05, 3.63) is 56.6 Å². The molecule has 0 bridgehead atoms. The van der Waals surface area contributed by atoms with Crippen LogP contribution in [-0.2, 0) is 50.3 Å². The summed E-state index contributed by atoms with van der Waals surface area (Å²) in [7, 11) is -7.89. The van der Waals surface area contributed by atoms with E-state index in [1.165, 1.54) is 12.1 Å². The Morgan fingerprint density at radius 2 is 1.66 bits per heavy atom. The fraction of sp³-hybridized carbons (Fsp3) is 0.564.